The van der Waals surface area contributed by atoms with Crippen LogP contribution >= 0.6 is 0 Å². The fourth-order valence-corrected chi connectivity index (χ4v) is 9.34. The summed E-state index contributed by atoms with van der Waals surface area (Å²) in [6, 6.07) is 18.7. The SMILES string of the molecule is CC(C)C[C@H](NC(=O)[C@H](Cc1ccccc1)NC(=O)c1cnccn1)B1OC(C)(C)C2(CCN(C(=O)CCn3ccc4cc(-n5c(O)nnc5-c5cc(C(C)C)c(O)cc5O)ccc43)CC2)O1. The van der Waals surface area contributed by atoms with Crippen LogP contribution in [0.4, 0.5) is 0 Å². The summed E-state index contributed by atoms with van der Waals surface area (Å²) < 4.78 is 17.0. The molecule has 2 atom stereocenters. The van der Waals surface area contributed by atoms with Crippen molar-refractivity contribution < 1.29 is 39.0 Å². The lowest BCUT2D eigenvalue weighted by atomic mass is 9.73. The third-order valence-electron chi connectivity index (χ3n) is 13.1. The molecular formula is C49H58BN9O8. The zero-order chi connectivity index (χ0) is 47.6. The first kappa shape index (κ1) is 46.7. The first-order valence-electron chi connectivity index (χ1n) is 22.9. The normalized spacial score (nSPS) is 16.5. The van der Waals surface area contributed by atoms with Gasteiger partial charge in [0.1, 0.15) is 23.2 Å². The lowest BCUT2D eigenvalue weighted by molar-refractivity contribution is -0.137. The fourth-order valence-electron chi connectivity index (χ4n) is 9.34. The Kier molecular flexibility index (Phi) is 13.4. The molecule has 0 aliphatic carbocycles. The number of likely N-dealkylation sites (tertiary alicyclic amines) is 1. The second kappa shape index (κ2) is 19.2. The van der Waals surface area contributed by atoms with Crippen LogP contribution in [0.3, 0.4) is 0 Å². The second-order valence-corrected chi connectivity index (χ2v) is 18.8. The monoisotopic (exact) mass is 911 g/mol. The van der Waals surface area contributed by atoms with Crippen molar-refractivity contribution in [3.63, 3.8) is 0 Å². The highest BCUT2D eigenvalue weighted by Gasteiger charge is 2.60. The van der Waals surface area contributed by atoms with E-state index in [0.29, 0.717) is 55.7 Å². The first-order chi connectivity index (χ1) is 32.0. The predicted octanol–water partition coefficient (Wildman–Crippen LogP) is 6.10. The number of amides is 3. The van der Waals surface area contributed by atoms with E-state index in [1.165, 1.54) is 29.2 Å². The molecule has 2 aliphatic heterocycles. The van der Waals surface area contributed by atoms with Crippen molar-refractivity contribution in [3.05, 3.63) is 108 Å². The maximum Gasteiger partial charge on any atom is 0.481 e. The van der Waals surface area contributed by atoms with E-state index in [-0.39, 0.29) is 65.5 Å². The van der Waals surface area contributed by atoms with Crippen LogP contribution in [0.1, 0.15) is 94.8 Å². The number of nitrogens with zero attached hydrogens (tertiary/aromatic N) is 7. The zero-order valence-electron chi connectivity index (χ0n) is 38.7. The van der Waals surface area contributed by atoms with Gasteiger partial charge in [0.25, 0.3) is 5.91 Å². The topological polar surface area (TPSA) is 219 Å². The number of hydrogen-bond donors (Lipinski definition) is 5. The Morgan fingerprint density at radius 1 is 0.881 bits per heavy atom. The summed E-state index contributed by atoms with van der Waals surface area (Å²) in [4.78, 5) is 51.2. The number of aromatic hydroxyl groups is 3. The van der Waals surface area contributed by atoms with Gasteiger partial charge in [0.15, 0.2) is 5.82 Å². The molecule has 0 saturated carbocycles. The highest BCUT2D eigenvalue weighted by molar-refractivity contribution is 6.48. The van der Waals surface area contributed by atoms with Crippen LogP contribution in [0.15, 0.2) is 91.5 Å². The van der Waals surface area contributed by atoms with E-state index in [0.717, 1.165) is 16.5 Å². The molecule has 2 aliphatic rings. The number of aromatic nitrogens is 6. The largest absolute Gasteiger partial charge is 0.508 e. The van der Waals surface area contributed by atoms with Crippen LogP contribution in [0.25, 0.3) is 28.0 Å². The summed E-state index contributed by atoms with van der Waals surface area (Å²) in [5.74, 6) is -1.25. The van der Waals surface area contributed by atoms with Crippen LogP contribution in [0, 0.1) is 5.92 Å². The molecule has 5 N–H and O–H groups in total. The first-order valence-corrected chi connectivity index (χ1v) is 22.9. The molecule has 8 rings (SSSR count). The van der Waals surface area contributed by atoms with Gasteiger partial charge in [-0.05, 0) is 86.4 Å². The number of benzene rings is 3. The zero-order valence-corrected chi connectivity index (χ0v) is 38.7. The lowest BCUT2D eigenvalue weighted by Crippen LogP contribution is -2.56. The van der Waals surface area contributed by atoms with Crippen molar-refractivity contribution in [1.82, 2.24) is 44.8 Å². The minimum absolute atomic E-state index is 0.0213. The van der Waals surface area contributed by atoms with Crippen molar-refractivity contribution in [1.29, 1.82) is 0 Å². The number of nitrogens with one attached hydrogen (secondary N) is 2. The maximum atomic E-state index is 14.2. The van der Waals surface area contributed by atoms with E-state index in [1.807, 2.05) is 98.0 Å². The molecule has 6 aromatic rings. The molecule has 17 nitrogen and oxygen atoms in total. The van der Waals surface area contributed by atoms with Crippen LogP contribution in [0.2, 0.25) is 0 Å². The van der Waals surface area contributed by atoms with Gasteiger partial charge in [0.05, 0.1) is 34.6 Å². The van der Waals surface area contributed by atoms with Crippen molar-refractivity contribution in [2.75, 3.05) is 13.1 Å². The summed E-state index contributed by atoms with van der Waals surface area (Å²) >= 11 is 0. The Labute approximate surface area is 389 Å². The number of fused-ring (bicyclic) bond motifs is 1. The Hall–Kier alpha value is -6.79. The van der Waals surface area contributed by atoms with Crippen molar-refractivity contribution >= 4 is 35.7 Å². The number of aryl methyl sites for hydroxylation is 1. The Morgan fingerprint density at radius 2 is 1.64 bits per heavy atom. The number of hydrogen-bond acceptors (Lipinski definition) is 12. The van der Waals surface area contributed by atoms with Crippen molar-refractivity contribution in [2.45, 2.75) is 109 Å². The molecule has 5 heterocycles. The molecule has 0 radical (unpaired) electrons. The number of phenolic OH excluding ortho intramolecular Hbond substituents is 2. The Bertz CT molecular complexity index is 2740. The van der Waals surface area contributed by atoms with Gasteiger partial charge in [0.2, 0.25) is 11.8 Å². The van der Waals surface area contributed by atoms with Gasteiger partial charge in [0, 0.05) is 68.0 Å². The smallest absolute Gasteiger partial charge is 0.481 e. The standard InChI is InChI=1S/C49H58BN9O8/c1-30(2)24-42(54-45(63)37(25-32-10-8-7-9-11-32)53-46(64)38-29-51-18-19-52-38)50-66-48(5,6)49(67-50)16-22-58(23-17-49)43(62)15-21-57-20-14-33-26-34(12-13-39(33)57)59-44(55-56-47(59)65)36-27-35(31(3)4)40(60)28-41(36)61/h7-14,18-20,26-31,37,42,60-61H,15-17,21-25H2,1-6H3,(H,53,64)(H,54,63)(H,56,65)/t37-,42-/m0/s1. The summed E-state index contributed by atoms with van der Waals surface area (Å²) in [6.07, 6.45) is 8.37. The van der Waals surface area contributed by atoms with Gasteiger partial charge in [-0.15, -0.1) is 5.10 Å². The highest BCUT2D eigenvalue weighted by Crippen LogP contribution is 2.46. The lowest BCUT2D eigenvalue weighted by Gasteiger charge is -2.45. The molecule has 3 amide bonds. The minimum Gasteiger partial charge on any atom is -0.508 e. The van der Waals surface area contributed by atoms with Gasteiger partial charge in [-0.3, -0.25) is 19.4 Å². The highest BCUT2D eigenvalue weighted by atomic mass is 16.7. The molecule has 0 unspecified atom stereocenters. The number of carbonyl (C=O) groups is 3. The summed E-state index contributed by atoms with van der Waals surface area (Å²) in [6.45, 7) is 13.4. The van der Waals surface area contributed by atoms with Crippen LogP contribution < -0.4 is 10.6 Å². The number of phenols is 2. The van der Waals surface area contributed by atoms with Crippen LogP contribution in [0.5, 0.6) is 17.5 Å². The van der Waals surface area contributed by atoms with Gasteiger partial charge in [-0.1, -0.05) is 63.1 Å². The number of rotatable bonds is 15. The average molecular weight is 912 g/mol. The van der Waals surface area contributed by atoms with Crippen LogP contribution in [-0.4, -0.2) is 111 Å². The van der Waals surface area contributed by atoms with E-state index < -0.39 is 36.2 Å². The number of carbonyl (C=O) groups excluding carboxylic acids is 3. The molecule has 2 fully saturated rings. The van der Waals surface area contributed by atoms with E-state index in [1.54, 1.807) is 6.07 Å². The van der Waals surface area contributed by atoms with E-state index in [2.05, 4.69) is 44.6 Å². The molecule has 0 bridgehead atoms. The third kappa shape index (κ3) is 9.86. The van der Waals surface area contributed by atoms with Gasteiger partial charge < -0.3 is 44.7 Å². The molecule has 3 aromatic carbocycles. The van der Waals surface area contributed by atoms with Crippen molar-refractivity contribution in [2.24, 2.45) is 5.92 Å². The molecule has 3 aromatic heterocycles. The average Bonchev–Trinajstić information content (AvgIpc) is 3.97. The molecular weight excluding hydrogens is 853 g/mol. The Balaban J connectivity index is 0.909. The summed E-state index contributed by atoms with van der Waals surface area (Å²) in [5.41, 5.74) is 1.94. The quantitative estimate of drug-likeness (QED) is 0.0739. The molecule has 1 spiro atoms. The molecule has 18 heteroatoms. The van der Waals surface area contributed by atoms with Crippen molar-refractivity contribution in [3.8, 4) is 34.6 Å². The summed E-state index contributed by atoms with van der Waals surface area (Å²) in [5, 5.41) is 46.9. The summed E-state index contributed by atoms with van der Waals surface area (Å²) in [7, 11) is -0.766. The van der Waals surface area contributed by atoms with Gasteiger partial charge >= 0.3 is 13.1 Å². The van der Waals surface area contributed by atoms with E-state index >= 15 is 0 Å². The third-order valence-corrected chi connectivity index (χ3v) is 13.1. The fraction of sp³-hybridized carbons (Fsp3) is 0.408. The Morgan fingerprint density at radius 3 is 2.34 bits per heavy atom. The van der Waals surface area contributed by atoms with E-state index in [4.69, 9.17) is 9.31 Å². The van der Waals surface area contributed by atoms with E-state index in [9.17, 15) is 29.7 Å². The molecule has 2 saturated heterocycles. The van der Waals surface area contributed by atoms with Crippen LogP contribution in [-0.2, 0) is 31.9 Å². The predicted molar refractivity (Wildman–Crippen MR) is 251 cm³/mol. The minimum atomic E-state index is -0.916. The maximum absolute atomic E-state index is 14.2. The molecule has 67 heavy (non-hydrogen) atoms. The van der Waals surface area contributed by atoms with Gasteiger partial charge in [-0.2, -0.15) is 0 Å². The number of piperidine rings is 1. The van der Waals surface area contributed by atoms with Gasteiger partial charge in [-0.25, -0.2) is 9.55 Å². The molecule has 350 valence electrons. The second-order valence-electron chi connectivity index (χ2n) is 18.8.